The Balaban J connectivity index is 2.06. The lowest BCUT2D eigenvalue weighted by atomic mass is 9.74. The van der Waals surface area contributed by atoms with Crippen molar-refractivity contribution in [3.05, 3.63) is 0 Å². The van der Waals surface area contributed by atoms with Crippen molar-refractivity contribution in [3.8, 4) is 0 Å². The zero-order valence-corrected chi connectivity index (χ0v) is 13.5. The number of amides is 2. The van der Waals surface area contributed by atoms with Gasteiger partial charge in [0.2, 0.25) is 11.8 Å². The number of carbonyl (C=O) groups excluding carboxylic acids is 2. The average Bonchev–Trinajstić information content (AvgIpc) is 2.88. The van der Waals surface area contributed by atoms with Crippen LogP contribution >= 0.6 is 0 Å². The van der Waals surface area contributed by atoms with E-state index in [0.717, 1.165) is 25.7 Å². The van der Waals surface area contributed by atoms with Crippen molar-refractivity contribution in [1.29, 1.82) is 0 Å². The van der Waals surface area contributed by atoms with Gasteiger partial charge in [0.1, 0.15) is 0 Å². The van der Waals surface area contributed by atoms with E-state index in [1.165, 1.54) is 0 Å². The first-order valence-corrected chi connectivity index (χ1v) is 8.06. The van der Waals surface area contributed by atoms with Gasteiger partial charge in [0, 0.05) is 44.0 Å². The molecule has 5 nitrogen and oxygen atoms in total. The average molecular weight is 296 g/mol. The number of likely N-dealkylation sites (tertiary alicyclic amines) is 1. The highest BCUT2D eigenvalue weighted by Gasteiger charge is 2.50. The van der Waals surface area contributed by atoms with Gasteiger partial charge in [-0.3, -0.25) is 9.59 Å². The molecule has 1 N–H and O–H groups in total. The number of methoxy groups -OCH3 is 1. The molecule has 1 saturated carbocycles. The van der Waals surface area contributed by atoms with Crippen molar-refractivity contribution >= 4 is 11.8 Å². The fraction of sp³-hybridized carbons (Fsp3) is 0.875. The lowest BCUT2D eigenvalue weighted by Gasteiger charge is -2.46. The number of carbonyl (C=O) groups is 2. The summed E-state index contributed by atoms with van der Waals surface area (Å²) in [4.78, 5) is 26.1. The van der Waals surface area contributed by atoms with E-state index in [-0.39, 0.29) is 29.2 Å². The molecule has 120 valence electrons. The van der Waals surface area contributed by atoms with E-state index in [9.17, 15) is 9.59 Å². The lowest BCUT2D eigenvalue weighted by Crippen LogP contribution is -2.56. The number of hydrogen-bond acceptors (Lipinski definition) is 3. The van der Waals surface area contributed by atoms with E-state index in [4.69, 9.17) is 4.74 Å². The Morgan fingerprint density at radius 1 is 1.48 bits per heavy atom. The largest absolute Gasteiger partial charge is 0.383 e. The molecule has 0 aromatic heterocycles. The van der Waals surface area contributed by atoms with Gasteiger partial charge < -0.3 is 15.0 Å². The van der Waals surface area contributed by atoms with Gasteiger partial charge in [-0.1, -0.05) is 20.3 Å². The minimum atomic E-state index is 0.0103. The minimum absolute atomic E-state index is 0.0103. The fourth-order valence-electron chi connectivity index (χ4n) is 3.80. The maximum Gasteiger partial charge on any atom is 0.222 e. The first-order valence-electron chi connectivity index (χ1n) is 8.06. The molecule has 1 aliphatic carbocycles. The first-order chi connectivity index (χ1) is 10.00. The van der Waals surface area contributed by atoms with Crippen molar-refractivity contribution in [2.24, 2.45) is 11.3 Å². The molecule has 0 aromatic carbocycles. The van der Waals surface area contributed by atoms with Crippen molar-refractivity contribution in [2.75, 3.05) is 26.8 Å². The predicted molar refractivity (Wildman–Crippen MR) is 80.7 cm³/mol. The second kappa shape index (κ2) is 6.77. The van der Waals surface area contributed by atoms with Crippen molar-refractivity contribution in [3.63, 3.8) is 0 Å². The van der Waals surface area contributed by atoms with Crippen LogP contribution < -0.4 is 5.32 Å². The standard InChI is InChI=1S/C16H28N2O3/c1-12(2)15(20)17-11-16-7-4-5-13(16)18(9-10-21-3)14(19)6-8-16/h12-13H,4-11H2,1-3H3,(H,17,20)/t13-,16+/m1/s1. The van der Waals surface area contributed by atoms with Crippen LogP contribution in [0.2, 0.25) is 0 Å². The zero-order chi connectivity index (χ0) is 15.5. The lowest BCUT2D eigenvalue weighted by molar-refractivity contribution is -0.142. The number of nitrogens with zero attached hydrogens (tertiary/aromatic N) is 1. The van der Waals surface area contributed by atoms with Crippen LogP contribution in [-0.4, -0.2) is 49.6 Å². The molecule has 0 unspecified atom stereocenters. The molecule has 21 heavy (non-hydrogen) atoms. The molecule has 2 atom stereocenters. The Kier molecular flexibility index (Phi) is 5.25. The van der Waals surface area contributed by atoms with Crippen LogP contribution in [0.4, 0.5) is 0 Å². The molecule has 2 amide bonds. The van der Waals surface area contributed by atoms with Gasteiger partial charge in [-0.15, -0.1) is 0 Å². The van der Waals surface area contributed by atoms with Gasteiger partial charge in [0.15, 0.2) is 0 Å². The van der Waals surface area contributed by atoms with Crippen LogP contribution in [0, 0.1) is 11.3 Å². The van der Waals surface area contributed by atoms with Crippen LogP contribution in [0.1, 0.15) is 46.0 Å². The number of piperidine rings is 1. The van der Waals surface area contributed by atoms with E-state index in [1.807, 2.05) is 18.7 Å². The number of ether oxygens (including phenoxy) is 1. The van der Waals surface area contributed by atoms with Gasteiger partial charge in [-0.05, 0) is 19.3 Å². The number of hydrogen-bond donors (Lipinski definition) is 1. The third-order valence-corrected chi connectivity index (χ3v) is 5.07. The summed E-state index contributed by atoms with van der Waals surface area (Å²) in [5.74, 6) is 0.358. The van der Waals surface area contributed by atoms with Crippen molar-refractivity contribution in [2.45, 2.75) is 52.0 Å². The molecule has 1 heterocycles. The molecule has 0 aromatic rings. The van der Waals surface area contributed by atoms with Gasteiger partial charge in [-0.2, -0.15) is 0 Å². The third kappa shape index (κ3) is 3.39. The summed E-state index contributed by atoms with van der Waals surface area (Å²) < 4.78 is 5.14. The molecule has 1 aliphatic heterocycles. The Morgan fingerprint density at radius 2 is 2.24 bits per heavy atom. The molecule has 0 radical (unpaired) electrons. The van der Waals surface area contributed by atoms with Crippen LogP contribution in [0.25, 0.3) is 0 Å². The fourth-order valence-corrected chi connectivity index (χ4v) is 3.80. The quantitative estimate of drug-likeness (QED) is 0.809. The van der Waals surface area contributed by atoms with Crippen LogP contribution in [0.15, 0.2) is 0 Å². The minimum Gasteiger partial charge on any atom is -0.383 e. The third-order valence-electron chi connectivity index (χ3n) is 5.07. The molecule has 2 rings (SSSR count). The molecule has 2 aliphatic rings. The molecule has 0 spiro atoms. The number of rotatable bonds is 6. The van der Waals surface area contributed by atoms with Gasteiger partial charge in [0.25, 0.3) is 0 Å². The van der Waals surface area contributed by atoms with E-state index >= 15 is 0 Å². The van der Waals surface area contributed by atoms with Crippen molar-refractivity contribution < 1.29 is 14.3 Å². The molecule has 2 fully saturated rings. The smallest absolute Gasteiger partial charge is 0.222 e. The highest BCUT2D eigenvalue weighted by molar-refractivity contribution is 5.79. The van der Waals surface area contributed by atoms with Crippen LogP contribution in [0.5, 0.6) is 0 Å². The highest BCUT2D eigenvalue weighted by Crippen LogP contribution is 2.47. The first kappa shape index (κ1) is 16.3. The van der Waals surface area contributed by atoms with Crippen molar-refractivity contribution in [1.82, 2.24) is 10.2 Å². The summed E-state index contributed by atoms with van der Waals surface area (Å²) in [5.41, 5.74) is 0.0756. The molecule has 1 saturated heterocycles. The van der Waals surface area contributed by atoms with Gasteiger partial charge in [-0.25, -0.2) is 0 Å². The van der Waals surface area contributed by atoms with Crippen LogP contribution in [-0.2, 0) is 14.3 Å². The Bertz CT molecular complexity index is 397. The second-order valence-corrected chi connectivity index (χ2v) is 6.72. The maximum atomic E-state index is 12.2. The molecular weight excluding hydrogens is 268 g/mol. The zero-order valence-electron chi connectivity index (χ0n) is 13.5. The monoisotopic (exact) mass is 296 g/mol. The number of fused-ring (bicyclic) bond motifs is 1. The SMILES string of the molecule is COCCN1C(=O)CC[C@]2(CNC(=O)C(C)C)CCC[C@@H]12. The topological polar surface area (TPSA) is 58.6 Å². The normalized spacial score (nSPS) is 28.9. The summed E-state index contributed by atoms with van der Waals surface area (Å²) in [6, 6.07) is 0.265. The van der Waals surface area contributed by atoms with E-state index in [0.29, 0.717) is 26.1 Å². The second-order valence-electron chi connectivity index (χ2n) is 6.72. The van der Waals surface area contributed by atoms with Gasteiger partial charge >= 0.3 is 0 Å². The summed E-state index contributed by atoms with van der Waals surface area (Å²) in [5, 5.41) is 3.10. The summed E-state index contributed by atoms with van der Waals surface area (Å²) in [6.07, 6.45) is 4.79. The van der Waals surface area contributed by atoms with E-state index in [1.54, 1.807) is 7.11 Å². The highest BCUT2D eigenvalue weighted by atomic mass is 16.5. The Morgan fingerprint density at radius 3 is 2.90 bits per heavy atom. The number of nitrogens with one attached hydrogen (secondary N) is 1. The van der Waals surface area contributed by atoms with Crippen LogP contribution in [0.3, 0.4) is 0 Å². The molecule has 0 bridgehead atoms. The van der Waals surface area contributed by atoms with E-state index < -0.39 is 0 Å². The molecular formula is C16H28N2O3. The Hall–Kier alpha value is -1.10. The van der Waals surface area contributed by atoms with Gasteiger partial charge in [0.05, 0.1) is 6.61 Å². The molecule has 5 heteroatoms. The summed E-state index contributed by atoms with van der Waals surface area (Å²) >= 11 is 0. The Labute approximate surface area is 127 Å². The summed E-state index contributed by atoms with van der Waals surface area (Å²) in [6.45, 7) is 5.77. The predicted octanol–water partition coefficient (Wildman–Crippen LogP) is 1.57. The maximum absolute atomic E-state index is 12.2. The van der Waals surface area contributed by atoms with E-state index in [2.05, 4.69) is 5.32 Å². The summed E-state index contributed by atoms with van der Waals surface area (Å²) in [7, 11) is 1.67.